The van der Waals surface area contributed by atoms with Crippen LogP contribution in [0.3, 0.4) is 0 Å². The van der Waals surface area contributed by atoms with Gasteiger partial charge >= 0.3 is 0 Å². The van der Waals surface area contributed by atoms with Crippen LogP contribution in [0.1, 0.15) is 24.9 Å². The van der Waals surface area contributed by atoms with Gasteiger partial charge in [0.05, 0.1) is 12.0 Å². The van der Waals surface area contributed by atoms with E-state index in [-0.39, 0.29) is 30.3 Å². The molecule has 1 heterocycles. The van der Waals surface area contributed by atoms with Crippen molar-refractivity contribution in [1.29, 1.82) is 0 Å². The highest BCUT2D eigenvalue weighted by molar-refractivity contribution is 7.84. The minimum Gasteiger partial charge on any atom is -0.339 e. The molecule has 1 fully saturated rings. The van der Waals surface area contributed by atoms with Crippen LogP contribution in [-0.2, 0) is 15.6 Å². The zero-order valence-electron chi connectivity index (χ0n) is 12.7. The Morgan fingerprint density at radius 1 is 1.38 bits per heavy atom. The predicted molar refractivity (Wildman–Crippen MR) is 88.2 cm³/mol. The van der Waals surface area contributed by atoms with Crippen molar-refractivity contribution in [2.75, 3.05) is 26.4 Å². The zero-order chi connectivity index (χ0) is 14.7. The van der Waals surface area contributed by atoms with E-state index in [0.29, 0.717) is 0 Å². The number of hydrogen-bond donors (Lipinski definition) is 1. The second-order valence-corrected chi connectivity index (χ2v) is 6.72. The molecule has 1 aromatic rings. The number of nitrogens with zero attached hydrogens (tertiary/aromatic N) is 1. The Morgan fingerprint density at radius 2 is 2.00 bits per heavy atom. The molecule has 0 aromatic heterocycles. The van der Waals surface area contributed by atoms with Gasteiger partial charge < -0.3 is 10.2 Å². The molecule has 1 aliphatic heterocycles. The third-order valence-corrected chi connectivity index (χ3v) is 4.97. The van der Waals surface area contributed by atoms with Gasteiger partial charge in [0.1, 0.15) is 0 Å². The topological polar surface area (TPSA) is 49.4 Å². The highest BCUT2D eigenvalue weighted by Gasteiger charge is 2.27. The number of rotatable bonds is 4. The summed E-state index contributed by atoms with van der Waals surface area (Å²) in [6, 6.07) is 7.69. The molecule has 1 aromatic carbocycles. The highest BCUT2D eigenvalue weighted by atomic mass is 35.5. The molecule has 1 saturated heterocycles. The molecule has 0 radical (unpaired) electrons. The number of nitrogens with one attached hydrogen (secondary N) is 1. The quantitative estimate of drug-likeness (QED) is 0.918. The van der Waals surface area contributed by atoms with Gasteiger partial charge in [0.2, 0.25) is 5.91 Å². The molecule has 1 aliphatic rings. The van der Waals surface area contributed by atoms with Crippen LogP contribution >= 0.6 is 12.4 Å². The van der Waals surface area contributed by atoms with Gasteiger partial charge in [0.15, 0.2) is 0 Å². The van der Waals surface area contributed by atoms with E-state index in [1.807, 2.05) is 43.1 Å². The minimum absolute atomic E-state index is 0. The molecule has 3 atom stereocenters. The molecule has 21 heavy (non-hydrogen) atoms. The highest BCUT2D eigenvalue weighted by Crippen LogP contribution is 2.23. The average Bonchev–Trinajstić information content (AvgIpc) is 2.99. The predicted octanol–water partition coefficient (Wildman–Crippen LogP) is 1.97. The van der Waals surface area contributed by atoms with E-state index in [4.69, 9.17) is 0 Å². The van der Waals surface area contributed by atoms with E-state index in [0.717, 1.165) is 30.0 Å². The summed E-state index contributed by atoms with van der Waals surface area (Å²) in [7, 11) is 0.898. The van der Waals surface area contributed by atoms with E-state index >= 15 is 0 Å². The lowest BCUT2D eigenvalue weighted by molar-refractivity contribution is -0.135. The summed E-state index contributed by atoms with van der Waals surface area (Å²) in [6.07, 6.45) is 2.59. The number of carbonyl (C=O) groups is 1. The number of amides is 1. The van der Waals surface area contributed by atoms with Gasteiger partial charge in [-0.05, 0) is 37.6 Å². The lowest BCUT2D eigenvalue weighted by Crippen LogP contribution is -2.35. The average molecular weight is 331 g/mol. The Hall–Kier alpha value is -0.910. The zero-order valence-corrected chi connectivity index (χ0v) is 14.3. The third-order valence-electron chi connectivity index (χ3n) is 4.03. The molecule has 3 unspecified atom stereocenters. The largest absolute Gasteiger partial charge is 0.339 e. The van der Waals surface area contributed by atoms with Gasteiger partial charge in [0, 0.05) is 35.5 Å². The van der Waals surface area contributed by atoms with E-state index in [1.54, 1.807) is 6.26 Å². The van der Waals surface area contributed by atoms with E-state index < -0.39 is 10.8 Å². The van der Waals surface area contributed by atoms with Gasteiger partial charge in [-0.15, -0.1) is 12.4 Å². The first kappa shape index (κ1) is 18.1. The van der Waals surface area contributed by atoms with Crippen LogP contribution in [0.15, 0.2) is 29.2 Å². The Kier molecular flexibility index (Phi) is 6.84. The van der Waals surface area contributed by atoms with E-state index in [9.17, 15) is 9.00 Å². The van der Waals surface area contributed by atoms with Crippen molar-refractivity contribution in [1.82, 2.24) is 10.2 Å². The molecule has 6 heteroatoms. The van der Waals surface area contributed by atoms with Crippen molar-refractivity contribution in [3.63, 3.8) is 0 Å². The summed E-state index contributed by atoms with van der Waals surface area (Å²) < 4.78 is 11.4. The van der Waals surface area contributed by atoms with Crippen molar-refractivity contribution in [2.45, 2.75) is 24.3 Å². The lowest BCUT2D eigenvalue weighted by atomic mass is 10.0. The summed E-state index contributed by atoms with van der Waals surface area (Å²) >= 11 is 0. The molecule has 118 valence electrons. The summed E-state index contributed by atoms with van der Waals surface area (Å²) in [5.74, 6) is 0.301. The molecule has 1 N–H and O–H groups in total. The monoisotopic (exact) mass is 330 g/mol. The fraction of sp³-hybridized carbons (Fsp3) is 0.533. The molecule has 0 bridgehead atoms. The molecule has 1 amide bonds. The minimum atomic E-state index is -0.961. The van der Waals surface area contributed by atoms with Crippen LogP contribution < -0.4 is 5.32 Å². The van der Waals surface area contributed by atoms with Crippen LogP contribution in [0.25, 0.3) is 0 Å². The van der Waals surface area contributed by atoms with Gasteiger partial charge in [-0.3, -0.25) is 9.00 Å². The second-order valence-electron chi connectivity index (χ2n) is 5.34. The Bertz CT molecular complexity index is 501. The maximum Gasteiger partial charge on any atom is 0.227 e. The number of halogens is 1. The molecule has 4 nitrogen and oxygen atoms in total. The standard InChI is InChI=1S/C15H22N2O2S.ClH/c1-11(12-4-6-14(7-5-12)20(3)19)17(2)15(18)13-8-9-16-10-13;/h4-7,11,13,16H,8-10H2,1-3H3;1H. The second kappa shape index (κ2) is 7.92. The lowest BCUT2D eigenvalue weighted by Gasteiger charge is -2.27. The number of benzene rings is 1. The normalized spacial score (nSPS) is 20.4. The number of hydrogen-bond acceptors (Lipinski definition) is 3. The maximum atomic E-state index is 12.4. The van der Waals surface area contributed by atoms with Crippen LogP contribution in [0.2, 0.25) is 0 Å². The van der Waals surface area contributed by atoms with Crippen molar-refractivity contribution < 1.29 is 9.00 Å². The summed E-state index contributed by atoms with van der Waals surface area (Å²) in [5, 5.41) is 3.23. The summed E-state index contributed by atoms with van der Waals surface area (Å²) in [6.45, 7) is 3.73. The van der Waals surface area contributed by atoms with Crippen LogP contribution in [0.4, 0.5) is 0 Å². The SMILES string of the molecule is CC(c1ccc(S(C)=O)cc1)N(C)C(=O)C1CCNC1.Cl. The van der Waals surface area contributed by atoms with Crippen molar-refractivity contribution in [3.8, 4) is 0 Å². The van der Waals surface area contributed by atoms with Crippen LogP contribution in [0.5, 0.6) is 0 Å². The Labute approximate surface area is 135 Å². The first-order chi connectivity index (χ1) is 9.50. The van der Waals surface area contributed by atoms with Crippen molar-refractivity contribution in [2.24, 2.45) is 5.92 Å². The van der Waals surface area contributed by atoms with Crippen LogP contribution in [-0.4, -0.2) is 41.4 Å². The van der Waals surface area contributed by atoms with Crippen LogP contribution in [0, 0.1) is 5.92 Å². The first-order valence-electron chi connectivity index (χ1n) is 6.91. The van der Waals surface area contributed by atoms with Gasteiger partial charge in [-0.2, -0.15) is 0 Å². The van der Waals surface area contributed by atoms with E-state index in [2.05, 4.69) is 5.32 Å². The first-order valence-corrected chi connectivity index (χ1v) is 8.47. The smallest absolute Gasteiger partial charge is 0.227 e. The fourth-order valence-corrected chi connectivity index (χ4v) is 3.03. The number of carbonyl (C=O) groups excluding carboxylic acids is 1. The molecule has 0 spiro atoms. The van der Waals surface area contributed by atoms with Gasteiger partial charge in [0.25, 0.3) is 0 Å². The summed E-state index contributed by atoms with van der Waals surface area (Å²) in [5.41, 5.74) is 1.07. The Balaban J connectivity index is 0.00000220. The van der Waals surface area contributed by atoms with Crippen molar-refractivity contribution in [3.05, 3.63) is 29.8 Å². The third kappa shape index (κ3) is 4.28. The molecule has 2 rings (SSSR count). The van der Waals surface area contributed by atoms with Crippen molar-refractivity contribution >= 4 is 29.1 Å². The van der Waals surface area contributed by atoms with Gasteiger partial charge in [-0.25, -0.2) is 0 Å². The molecule has 0 saturated carbocycles. The fourth-order valence-electron chi connectivity index (χ4n) is 2.51. The van der Waals surface area contributed by atoms with E-state index in [1.165, 1.54) is 0 Å². The summed E-state index contributed by atoms with van der Waals surface area (Å²) in [4.78, 5) is 15.0. The molecular formula is C15H23ClN2O2S. The Morgan fingerprint density at radius 3 is 2.48 bits per heavy atom. The maximum absolute atomic E-state index is 12.4. The molecule has 0 aliphatic carbocycles. The molecular weight excluding hydrogens is 308 g/mol. The van der Waals surface area contributed by atoms with Gasteiger partial charge in [-0.1, -0.05) is 12.1 Å².